The van der Waals surface area contributed by atoms with E-state index in [0.29, 0.717) is 17.6 Å². The van der Waals surface area contributed by atoms with Crippen LogP contribution < -0.4 is 11.1 Å². The molecular formula is C25H39N3O3. The fraction of sp³-hybridized carbons (Fsp3) is 0.680. The zero-order valence-corrected chi connectivity index (χ0v) is 19.1. The van der Waals surface area contributed by atoms with Crippen molar-refractivity contribution in [2.75, 3.05) is 26.2 Å². The lowest BCUT2D eigenvalue weighted by atomic mass is 9.68. The van der Waals surface area contributed by atoms with E-state index in [4.69, 9.17) is 5.73 Å². The molecule has 1 heterocycles. The number of nitrogens with zero attached hydrogens (tertiary/aromatic N) is 1. The molecule has 6 heteroatoms. The Balaban J connectivity index is 1.60. The number of hydrogen-bond donors (Lipinski definition) is 3. The Bertz CT molecular complexity index is 762. The summed E-state index contributed by atoms with van der Waals surface area (Å²) in [5.74, 6) is 0.619. The molecular weight excluding hydrogens is 390 g/mol. The van der Waals surface area contributed by atoms with Crippen molar-refractivity contribution in [3.05, 3.63) is 29.8 Å². The van der Waals surface area contributed by atoms with Gasteiger partial charge in [-0.15, -0.1) is 0 Å². The SMILES string of the molecule is CC1CN(CCC(C(=O)NCC(N)=O)C2CCCCC2)CCC1(C)c1cccc(O)c1. The summed E-state index contributed by atoms with van der Waals surface area (Å²) in [6.07, 6.45) is 7.68. The van der Waals surface area contributed by atoms with Crippen LogP contribution >= 0.6 is 0 Å². The quantitative estimate of drug-likeness (QED) is 0.591. The van der Waals surface area contributed by atoms with Gasteiger partial charge in [0, 0.05) is 12.5 Å². The molecule has 2 aliphatic rings. The van der Waals surface area contributed by atoms with Crippen LogP contribution in [0.3, 0.4) is 0 Å². The van der Waals surface area contributed by atoms with Crippen molar-refractivity contribution in [3.8, 4) is 5.75 Å². The van der Waals surface area contributed by atoms with Crippen molar-refractivity contribution in [2.45, 2.75) is 64.2 Å². The van der Waals surface area contributed by atoms with Gasteiger partial charge in [0.25, 0.3) is 0 Å². The Labute approximate surface area is 186 Å². The van der Waals surface area contributed by atoms with Gasteiger partial charge in [-0.25, -0.2) is 0 Å². The summed E-state index contributed by atoms with van der Waals surface area (Å²) >= 11 is 0. The lowest BCUT2D eigenvalue weighted by Crippen LogP contribution is -2.48. The number of benzene rings is 1. The molecule has 3 rings (SSSR count). The fourth-order valence-electron chi connectivity index (χ4n) is 5.55. The highest BCUT2D eigenvalue weighted by Gasteiger charge is 2.38. The number of primary amides is 1. The summed E-state index contributed by atoms with van der Waals surface area (Å²) in [6, 6.07) is 7.66. The number of likely N-dealkylation sites (tertiary alicyclic amines) is 1. The van der Waals surface area contributed by atoms with Gasteiger partial charge >= 0.3 is 0 Å². The third-order valence-corrected chi connectivity index (χ3v) is 7.82. The summed E-state index contributed by atoms with van der Waals surface area (Å²) in [7, 11) is 0. The predicted molar refractivity (Wildman–Crippen MR) is 123 cm³/mol. The van der Waals surface area contributed by atoms with Gasteiger partial charge in [-0.2, -0.15) is 0 Å². The van der Waals surface area contributed by atoms with E-state index in [1.54, 1.807) is 6.07 Å². The first-order valence-electron chi connectivity index (χ1n) is 11.9. The summed E-state index contributed by atoms with van der Waals surface area (Å²) in [5.41, 5.74) is 6.47. The molecule has 1 aromatic carbocycles. The molecule has 3 unspecified atom stereocenters. The van der Waals surface area contributed by atoms with Gasteiger partial charge < -0.3 is 21.1 Å². The van der Waals surface area contributed by atoms with E-state index in [9.17, 15) is 14.7 Å². The van der Waals surface area contributed by atoms with Crippen molar-refractivity contribution in [2.24, 2.45) is 23.5 Å². The molecule has 6 nitrogen and oxygen atoms in total. The summed E-state index contributed by atoms with van der Waals surface area (Å²) in [4.78, 5) is 26.4. The van der Waals surface area contributed by atoms with Gasteiger partial charge in [-0.1, -0.05) is 45.2 Å². The molecule has 1 aliphatic carbocycles. The first-order chi connectivity index (χ1) is 14.8. The van der Waals surface area contributed by atoms with Gasteiger partial charge in [-0.05, 0) is 73.7 Å². The average molecular weight is 430 g/mol. The molecule has 0 bridgehead atoms. The maximum atomic E-state index is 12.8. The Morgan fingerprint density at radius 3 is 2.68 bits per heavy atom. The largest absolute Gasteiger partial charge is 0.508 e. The second kappa shape index (κ2) is 10.5. The highest BCUT2D eigenvalue weighted by atomic mass is 16.3. The predicted octanol–water partition coefficient (Wildman–Crippen LogP) is 3.18. The minimum Gasteiger partial charge on any atom is -0.508 e. The minimum atomic E-state index is -0.494. The molecule has 0 spiro atoms. The topological polar surface area (TPSA) is 95.7 Å². The van der Waals surface area contributed by atoms with Gasteiger partial charge in [0.1, 0.15) is 5.75 Å². The smallest absolute Gasteiger partial charge is 0.236 e. The number of phenols is 1. The van der Waals surface area contributed by atoms with E-state index in [2.05, 4.69) is 30.1 Å². The molecule has 172 valence electrons. The molecule has 1 saturated heterocycles. The molecule has 1 aliphatic heterocycles. The highest BCUT2D eigenvalue weighted by molar-refractivity contribution is 5.85. The Morgan fingerprint density at radius 1 is 1.29 bits per heavy atom. The lowest BCUT2D eigenvalue weighted by Gasteiger charge is -2.45. The summed E-state index contributed by atoms with van der Waals surface area (Å²) in [6.45, 7) is 7.36. The standard InChI is InChI=1S/C25H39N3O3/c1-18-17-28(14-12-25(18,2)20-9-6-10-21(29)15-20)13-11-22(19-7-4-3-5-8-19)24(31)27-16-23(26)30/h6,9-10,15,18-19,22,29H,3-5,7-8,11-14,16-17H2,1-2H3,(H2,26,30)(H,27,31). The normalized spacial score (nSPS) is 26.3. The first-order valence-corrected chi connectivity index (χ1v) is 11.9. The maximum Gasteiger partial charge on any atom is 0.236 e. The van der Waals surface area contributed by atoms with Crippen molar-refractivity contribution in [1.82, 2.24) is 10.2 Å². The molecule has 1 aromatic rings. The number of aromatic hydroxyl groups is 1. The molecule has 0 aromatic heterocycles. The number of hydrogen-bond acceptors (Lipinski definition) is 4. The Hall–Kier alpha value is -2.08. The van der Waals surface area contributed by atoms with Crippen LogP contribution in [0.15, 0.2) is 24.3 Å². The number of amides is 2. The third-order valence-electron chi connectivity index (χ3n) is 7.82. The van der Waals surface area contributed by atoms with Crippen molar-refractivity contribution in [3.63, 3.8) is 0 Å². The number of nitrogens with two attached hydrogens (primary N) is 1. The highest BCUT2D eigenvalue weighted by Crippen LogP contribution is 2.40. The second-order valence-corrected chi connectivity index (χ2v) is 9.90. The van der Waals surface area contributed by atoms with Crippen molar-refractivity contribution >= 4 is 11.8 Å². The van der Waals surface area contributed by atoms with Crippen LogP contribution in [0.1, 0.15) is 64.4 Å². The van der Waals surface area contributed by atoms with Crippen LogP contribution in [-0.4, -0.2) is 48.0 Å². The number of piperidine rings is 1. The van der Waals surface area contributed by atoms with E-state index < -0.39 is 5.91 Å². The van der Waals surface area contributed by atoms with Gasteiger partial charge in [-0.3, -0.25) is 9.59 Å². The first kappa shape index (κ1) is 23.6. The van der Waals surface area contributed by atoms with Crippen molar-refractivity contribution < 1.29 is 14.7 Å². The molecule has 3 atom stereocenters. The Kier molecular flexibility index (Phi) is 7.98. The third kappa shape index (κ3) is 6.00. The molecule has 1 saturated carbocycles. The number of carbonyl (C=O) groups is 2. The second-order valence-electron chi connectivity index (χ2n) is 9.90. The molecule has 0 radical (unpaired) electrons. The van der Waals surface area contributed by atoms with E-state index >= 15 is 0 Å². The number of phenolic OH excluding ortho intramolecular Hbond substituents is 1. The van der Waals surface area contributed by atoms with Crippen LogP contribution in [0.5, 0.6) is 5.75 Å². The summed E-state index contributed by atoms with van der Waals surface area (Å²) < 4.78 is 0. The zero-order valence-electron chi connectivity index (χ0n) is 19.1. The lowest BCUT2D eigenvalue weighted by molar-refractivity contribution is -0.129. The van der Waals surface area contributed by atoms with E-state index in [0.717, 1.165) is 45.3 Å². The van der Waals surface area contributed by atoms with Crippen LogP contribution in [0.2, 0.25) is 0 Å². The van der Waals surface area contributed by atoms with Gasteiger partial charge in [0.05, 0.1) is 6.54 Å². The number of nitrogens with one attached hydrogen (secondary N) is 1. The molecule has 4 N–H and O–H groups in total. The maximum absolute atomic E-state index is 12.8. The van der Waals surface area contributed by atoms with E-state index in [1.165, 1.54) is 24.8 Å². The average Bonchev–Trinajstić information content (AvgIpc) is 2.75. The van der Waals surface area contributed by atoms with Crippen LogP contribution in [0.25, 0.3) is 0 Å². The van der Waals surface area contributed by atoms with E-state index in [1.807, 2.05) is 12.1 Å². The number of carbonyl (C=O) groups excluding carboxylic acids is 2. The molecule has 2 fully saturated rings. The van der Waals surface area contributed by atoms with Gasteiger partial charge in [0.2, 0.25) is 11.8 Å². The van der Waals surface area contributed by atoms with Gasteiger partial charge in [0.15, 0.2) is 0 Å². The number of rotatable bonds is 8. The molecule has 31 heavy (non-hydrogen) atoms. The summed E-state index contributed by atoms with van der Waals surface area (Å²) in [5, 5.41) is 12.7. The van der Waals surface area contributed by atoms with Crippen LogP contribution in [0, 0.1) is 17.8 Å². The van der Waals surface area contributed by atoms with Crippen molar-refractivity contribution in [1.29, 1.82) is 0 Å². The molecule has 2 amide bonds. The van der Waals surface area contributed by atoms with Crippen LogP contribution in [-0.2, 0) is 15.0 Å². The Morgan fingerprint density at radius 2 is 2.03 bits per heavy atom. The minimum absolute atomic E-state index is 0.0136. The monoisotopic (exact) mass is 429 g/mol. The van der Waals surface area contributed by atoms with Crippen LogP contribution in [0.4, 0.5) is 0 Å². The zero-order chi connectivity index (χ0) is 22.4. The van der Waals surface area contributed by atoms with E-state index in [-0.39, 0.29) is 23.8 Å². The fourth-order valence-corrected chi connectivity index (χ4v) is 5.55.